The Kier molecular flexibility index (Phi) is 5.22. The van der Waals surface area contributed by atoms with Crippen LogP contribution in [0.25, 0.3) is 11.6 Å². The van der Waals surface area contributed by atoms with Gasteiger partial charge in [0, 0.05) is 18.2 Å². The molecule has 2 heterocycles. The lowest BCUT2D eigenvalue weighted by atomic mass is 9.95. The van der Waals surface area contributed by atoms with Crippen molar-refractivity contribution in [2.45, 2.75) is 49.7 Å². The van der Waals surface area contributed by atoms with Gasteiger partial charge in [-0.25, -0.2) is 4.68 Å². The number of nitrogens with one attached hydrogen (secondary N) is 1. The summed E-state index contributed by atoms with van der Waals surface area (Å²) in [5.74, 6) is 7.73. The molecule has 0 radical (unpaired) electrons. The summed E-state index contributed by atoms with van der Waals surface area (Å²) >= 11 is 1.42. The van der Waals surface area contributed by atoms with Gasteiger partial charge in [0.2, 0.25) is 16.9 Å². The summed E-state index contributed by atoms with van der Waals surface area (Å²) < 4.78 is 6.66. The highest BCUT2D eigenvalue weighted by molar-refractivity contribution is 7.99. The lowest BCUT2D eigenvalue weighted by molar-refractivity contribution is -0.121. The van der Waals surface area contributed by atoms with Crippen LogP contribution in [0.3, 0.4) is 0 Å². The minimum Gasteiger partial charge on any atom is -0.461 e. The van der Waals surface area contributed by atoms with Gasteiger partial charge in [-0.2, -0.15) is 0 Å². The molecular formula is C15H21N5O2S. The second-order valence-corrected chi connectivity index (χ2v) is 6.72. The van der Waals surface area contributed by atoms with Gasteiger partial charge in [-0.05, 0) is 25.0 Å². The van der Waals surface area contributed by atoms with Crippen molar-refractivity contribution in [3.8, 4) is 11.6 Å². The van der Waals surface area contributed by atoms with Crippen LogP contribution >= 0.6 is 11.8 Å². The van der Waals surface area contributed by atoms with E-state index in [1.165, 1.54) is 35.7 Å². The highest BCUT2D eigenvalue weighted by Crippen LogP contribution is 2.22. The average molecular weight is 335 g/mol. The summed E-state index contributed by atoms with van der Waals surface area (Å²) in [7, 11) is 0. The number of thioether (sulfide) groups is 1. The van der Waals surface area contributed by atoms with Crippen LogP contribution in [0.4, 0.5) is 0 Å². The summed E-state index contributed by atoms with van der Waals surface area (Å²) in [6.07, 6.45) is 7.92. The zero-order valence-corrected chi connectivity index (χ0v) is 13.7. The highest BCUT2D eigenvalue weighted by atomic mass is 32.2. The van der Waals surface area contributed by atoms with E-state index in [1.54, 1.807) is 18.4 Å². The summed E-state index contributed by atoms with van der Waals surface area (Å²) in [6, 6.07) is 3.90. The van der Waals surface area contributed by atoms with E-state index in [2.05, 4.69) is 15.5 Å². The molecule has 23 heavy (non-hydrogen) atoms. The molecule has 124 valence electrons. The Morgan fingerprint density at radius 2 is 2.22 bits per heavy atom. The van der Waals surface area contributed by atoms with Crippen molar-refractivity contribution in [1.82, 2.24) is 20.2 Å². The smallest absolute Gasteiger partial charge is 0.221 e. The molecule has 8 heteroatoms. The number of hydrogen-bond donors (Lipinski definition) is 2. The molecule has 0 aromatic carbocycles. The third-order valence-corrected chi connectivity index (χ3v) is 4.88. The zero-order valence-electron chi connectivity index (χ0n) is 12.9. The van der Waals surface area contributed by atoms with Crippen LogP contribution in [-0.4, -0.2) is 32.6 Å². The maximum absolute atomic E-state index is 12.0. The molecule has 2 aromatic heterocycles. The SMILES string of the molecule is Nn1c(SCCC(=O)NC2CCCCC2)nnc1-c1ccco1. The number of aromatic nitrogens is 3. The van der Waals surface area contributed by atoms with Crippen molar-refractivity contribution in [1.29, 1.82) is 0 Å². The van der Waals surface area contributed by atoms with Gasteiger partial charge in [0.25, 0.3) is 0 Å². The van der Waals surface area contributed by atoms with Gasteiger partial charge in [-0.1, -0.05) is 31.0 Å². The Hall–Kier alpha value is -1.96. The molecule has 1 aliphatic carbocycles. The van der Waals surface area contributed by atoms with Crippen LogP contribution in [0, 0.1) is 0 Å². The fraction of sp³-hybridized carbons (Fsp3) is 0.533. The molecule has 0 atom stereocenters. The van der Waals surface area contributed by atoms with Gasteiger partial charge >= 0.3 is 0 Å². The van der Waals surface area contributed by atoms with Crippen molar-refractivity contribution in [2.24, 2.45) is 0 Å². The number of carbonyl (C=O) groups excluding carboxylic acids is 1. The quantitative estimate of drug-likeness (QED) is 0.620. The first-order chi connectivity index (χ1) is 11.2. The maximum Gasteiger partial charge on any atom is 0.221 e. The molecular weight excluding hydrogens is 314 g/mol. The number of furan rings is 1. The number of nitrogens with two attached hydrogens (primary N) is 1. The standard InChI is InChI=1S/C15H21N5O2S/c16-20-14(12-7-4-9-22-12)18-19-15(20)23-10-8-13(21)17-11-5-2-1-3-6-11/h4,7,9,11H,1-3,5-6,8,10,16H2,(H,17,21). The van der Waals surface area contributed by atoms with Gasteiger partial charge in [0.05, 0.1) is 6.26 Å². The van der Waals surface area contributed by atoms with Crippen LogP contribution in [0.5, 0.6) is 0 Å². The predicted molar refractivity (Wildman–Crippen MR) is 88.2 cm³/mol. The maximum atomic E-state index is 12.0. The first-order valence-electron chi connectivity index (χ1n) is 7.90. The van der Waals surface area contributed by atoms with Crippen molar-refractivity contribution in [2.75, 3.05) is 11.6 Å². The fourth-order valence-corrected chi connectivity index (χ4v) is 3.53. The van der Waals surface area contributed by atoms with Gasteiger partial charge in [-0.15, -0.1) is 10.2 Å². The van der Waals surface area contributed by atoms with E-state index >= 15 is 0 Å². The monoisotopic (exact) mass is 335 g/mol. The van der Waals surface area contributed by atoms with Crippen LogP contribution < -0.4 is 11.2 Å². The molecule has 1 aliphatic rings. The Bertz CT molecular complexity index is 634. The van der Waals surface area contributed by atoms with Crippen molar-refractivity contribution in [3.63, 3.8) is 0 Å². The minimum atomic E-state index is 0.0961. The van der Waals surface area contributed by atoms with E-state index in [1.807, 2.05) is 0 Å². The summed E-state index contributed by atoms with van der Waals surface area (Å²) in [5.41, 5.74) is 0. The lowest BCUT2D eigenvalue weighted by Crippen LogP contribution is -2.36. The van der Waals surface area contributed by atoms with Gasteiger partial charge in [0.1, 0.15) is 0 Å². The number of hydrogen-bond acceptors (Lipinski definition) is 6. The zero-order chi connectivity index (χ0) is 16.1. The molecule has 1 amide bonds. The molecule has 0 spiro atoms. The molecule has 0 saturated heterocycles. The molecule has 0 bridgehead atoms. The second-order valence-electron chi connectivity index (χ2n) is 5.65. The number of nitrogens with zero attached hydrogens (tertiary/aromatic N) is 3. The Labute approximate surface area is 139 Å². The molecule has 3 rings (SSSR count). The van der Waals surface area contributed by atoms with E-state index < -0.39 is 0 Å². The van der Waals surface area contributed by atoms with Crippen LogP contribution in [0.2, 0.25) is 0 Å². The van der Waals surface area contributed by atoms with Crippen LogP contribution in [-0.2, 0) is 4.79 Å². The molecule has 7 nitrogen and oxygen atoms in total. The second kappa shape index (κ2) is 7.54. The summed E-state index contributed by atoms with van der Waals surface area (Å²) in [5, 5.41) is 11.7. The Morgan fingerprint density at radius 1 is 1.39 bits per heavy atom. The molecule has 2 aromatic rings. The van der Waals surface area contributed by atoms with Gasteiger partial charge < -0.3 is 15.6 Å². The Morgan fingerprint density at radius 3 is 2.96 bits per heavy atom. The minimum absolute atomic E-state index is 0.0961. The topological polar surface area (TPSA) is 99.0 Å². The van der Waals surface area contributed by atoms with Crippen LogP contribution in [0.15, 0.2) is 28.0 Å². The lowest BCUT2D eigenvalue weighted by Gasteiger charge is -2.22. The fourth-order valence-electron chi connectivity index (χ4n) is 2.73. The first kappa shape index (κ1) is 15.9. The molecule has 1 saturated carbocycles. The highest BCUT2D eigenvalue weighted by Gasteiger charge is 2.17. The molecule has 0 aliphatic heterocycles. The average Bonchev–Trinajstić information content (AvgIpc) is 3.19. The van der Waals surface area contributed by atoms with Crippen molar-refractivity contribution >= 4 is 17.7 Å². The Balaban J connectivity index is 1.46. The summed E-state index contributed by atoms with van der Waals surface area (Å²) in [6.45, 7) is 0. The van der Waals surface area contributed by atoms with Gasteiger partial charge in [-0.3, -0.25) is 4.79 Å². The van der Waals surface area contributed by atoms with E-state index in [0.717, 1.165) is 12.8 Å². The van der Waals surface area contributed by atoms with Crippen LogP contribution in [0.1, 0.15) is 38.5 Å². The number of rotatable bonds is 6. The summed E-state index contributed by atoms with van der Waals surface area (Å²) in [4.78, 5) is 12.0. The third kappa shape index (κ3) is 4.07. The number of carbonyl (C=O) groups is 1. The van der Waals surface area contributed by atoms with Crippen molar-refractivity contribution in [3.05, 3.63) is 18.4 Å². The molecule has 0 unspecified atom stereocenters. The molecule has 1 fully saturated rings. The van der Waals surface area contributed by atoms with E-state index in [-0.39, 0.29) is 5.91 Å². The van der Waals surface area contributed by atoms with E-state index in [9.17, 15) is 4.79 Å². The third-order valence-electron chi connectivity index (χ3n) is 3.94. The van der Waals surface area contributed by atoms with Gasteiger partial charge in [0.15, 0.2) is 5.76 Å². The van der Waals surface area contributed by atoms with Crippen molar-refractivity contribution < 1.29 is 9.21 Å². The normalized spacial score (nSPS) is 15.7. The largest absolute Gasteiger partial charge is 0.461 e. The number of amides is 1. The predicted octanol–water partition coefficient (Wildman–Crippen LogP) is 2.18. The number of nitrogen functional groups attached to an aromatic ring is 1. The van der Waals surface area contributed by atoms with E-state index in [0.29, 0.717) is 35.0 Å². The molecule has 3 N–H and O–H groups in total. The van der Waals surface area contributed by atoms with E-state index in [4.69, 9.17) is 10.3 Å². The first-order valence-corrected chi connectivity index (χ1v) is 8.89.